The summed E-state index contributed by atoms with van der Waals surface area (Å²) in [5, 5.41) is 8.59. The van der Waals surface area contributed by atoms with Crippen LogP contribution in [0.5, 0.6) is 5.75 Å². The lowest BCUT2D eigenvalue weighted by atomic mass is 9.89. The molecule has 1 aliphatic heterocycles. The number of imidazole rings is 1. The summed E-state index contributed by atoms with van der Waals surface area (Å²) < 4.78 is 20.8. The fraction of sp³-hybridized carbons (Fsp3) is 0.240. The quantitative estimate of drug-likeness (QED) is 0.462. The number of rotatable bonds is 5. The summed E-state index contributed by atoms with van der Waals surface area (Å²) in [4.78, 5) is 18.4. The van der Waals surface area contributed by atoms with E-state index in [1.165, 1.54) is 17.0 Å². The second-order valence-corrected chi connectivity index (χ2v) is 8.08. The minimum atomic E-state index is -0.687. The van der Waals surface area contributed by atoms with Gasteiger partial charge in [-0.15, -0.1) is 0 Å². The van der Waals surface area contributed by atoms with Crippen LogP contribution < -0.4 is 4.74 Å². The van der Waals surface area contributed by atoms with Crippen LogP contribution in [0.2, 0.25) is 0 Å². The number of carbonyl (C=O) groups is 1. The maximum atomic E-state index is 13.4. The van der Waals surface area contributed by atoms with Crippen LogP contribution in [0.15, 0.2) is 61.1 Å². The van der Waals surface area contributed by atoms with Gasteiger partial charge in [0.15, 0.2) is 0 Å². The third kappa shape index (κ3) is 3.93. The Morgan fingerprint density at radius 3 is 2.66 bits per heavy atom. The molecule has 2 heterocycles. The van der Waals surface area contributed by atoms with E-state index in [2.05, 4.69) is 4.98 Å². The molecule has 1 N–H and O–H groups in total. The molecule has 7 heteroatoms. The molecule has 1 unspecified atom stereocenters. The SMILES string of the molecule is COc1cc(C=CC(=N)N2C(=O)CCC2(C)c2ccc(F)cc2)ccc1-n1cnc(C)c1. The second-order valence-electron chi connectivity index (χ2n) is 8.08. The van der Waals surface area contributed by atoms with Crippen LogP contribution in [-0.4, -0.2) is 33.3 Å². The summed E-state index contributed by atoms with van der Waals surface area (Å²) in [6.45, 7) is 3.84. The first-order valence-corrected chi connectivity index (χ1v) is 10.4. The van der Waals surface area contributed by atoms with Crippen molar-refractivity contribution < 1.29 is 13.9 Å². The van der Waals surface area contributed by atoms with Crippen LogP contribution >= 0.6 is 0 Å². The summed E-state index contributed by atoms with van der Waals surface area (Å²) in [5.74, 6) is 0.318. The number of nitrogens with one attached hydrogen (secondary N) is 1. The third-order valence-corrected chi connectivity index (χ3v) is 5.90. The Morgan fingerprint density at radius 2 is 2.00 bits per heavy atom. The first-order chi connectivity index (χ1) is 15.3. The first-order valence-electron chi connectivity index (χ1n) is 10.4. The zero-order valence-electron chi connectivity index (χ0n) is 18.3. The van der Waals surface area contributed by atoms with Crippen LogP contribution in [0, 0.1) is 18.2 Å². The Bertz CT molecular complexity index is 1200. The molecule has 0 saturated carbocycles. The zero-order chi connectivity index (χ0) is 22.9. The number of carbonyl (C=O) groups excluding carboxylic acids is 1. The minimum Gasteiger partial charge on any atom is -0.495 e. The van der Waals surface area contributed by atoms with Gasteiger partial charge < -0.3 is 9.30 Å². The third-order valence-electron chi connectivity index (χ3n) is 5.90. The molecule has 32 heavy (non-hydrogen) atoms. The molecule has 1 atom stereocenters. The van der Waals surface area contributed by atoms with Crippen LogP contribution in [0.1, 0.15) is 36.6 Å². The minimum absolute atomic E-state index is 0.0904. The van der Waals surface area contributed by atoms with E-state index in [9.17, 15) is 9.18 Å². The summed E-state index contributed by atoms with van der Waals surface area (Å²) in [5.41, 5.74) is 2.72. The monoisotopic (exact) mass is 432 g/mol. The van der Waals surface area contributed by atoms with Crippen molar-refractivity contribution in [1.29, 1.82) is 5.41 Å². The van der Waals surface area contributed by atoms with E-state index in [0.29, 0.717) is 18.6 Å². The maximum Gasteiger partial charge on any atom is 0.229 e. The van der Waals surface area contributed by atoms with E-state index in [1.54, 1.807) is 37.7 Å². The van der Waals surface area contributed by atoms with Gasteiger partial charge in [0.1, 0.15) is 17.4 Å². The van der Waals surface area contributed by atoms with Crippen LogP contribution in [0.25, 0.3) is 11.8 Å². The maximum absolute atomic E-state index is 13.4. The highest BCUT2D eigenvalue weighted by Crippen LogP contribution is 2.39. The normalized spacial score (nSPS) is 18.5. The average Bonchev–Trinajstić information content (AvgIpc) is 3.35. The number of aryl methyl sites for hydroxylation is 1. The number of hydrogen-bond donors (Lipinski definition) is 1. The van der Waals surface area contributed by atoms with Gasteiger partial charge in [0.2, 0.25) is 5.91 Å². The fourth-order valence-corrected chi connectivity index (χ4v) is 4.15. The standard InChI is InChI=1S/C25H25FN4O2/c1-17-15-29(16-28-17)21-10-4-18(14-22(21)32-3)5-11-23(27)30-24(31)12-13-25(30,2)19-6-8-20(26)9-7-19/h4-11,14-16,27H,12-13H2,1-3H3. The lowest BCUT2D eigenvalue weighted by Crippen LogP contribution is -2.44. The highest BCUT2D eigenvalue weighted by atomic mass is 19.1. The molecule has 0 radical (unpaired) electrons. The number of ether oxygens (including phenoxy) is 1. The average molecular weight is 432 g/mol. The molecule has 6 nitrogen and oxygen atoms in total. The molecular weight excluding hydrogens is 407 g/mol. The number of halogens is 1. The van der Waals surface area contributed by atoms with Gasteiger partial charge in [-0.05, 0) is 61.7 Å². The van der Waals surface area contributed by atoms with Crippen molar-refractivity contribution >= 4 is 17.8 Å². The van der Waals surface area contributed by atoms with Crippen molar-refractivity contribution in [2.24, 2.45) is 0 Å². The predicted molar refractivity (Wildman–Crippen MR) is 121 cm³/mol. The van der Waals surface area contributed by atoms with Crippen molar-refractivity contribution in [3.05, 3.63) is 83.7 Å². The molecule has 1 aliphatic rings. The summed E-state index contributed by atoms with van der Waals surface area (Å²) in [6.07, 6.45) is 7.95. The molecule has 164 valence electrons. The highest BCUT2D eigenvalue weighted by molar-refractivity contribution is 6.06. The molecule has 0 bridgehead atoms. The lowest BCUT2D eigenvalue weighted by molar-refractivity contribution is -0.126. The van der Waals surface area contributed by atoms with E-state index in [4.69, 9.17) is 10.1 Å². The number of benzene rings is 2. The molecule has 3 aromatic rings. The van der Waals surface area contributed by atoms with Gasteiger partial charge in [0.05, 0.1) is 30.4 Å². The van der Waals surface area contributed by atoms with Crippen molar-refractivity contribution in [2.45, 2.75) is 32.2 Å². The lowest BCUT2D eigenvalue weighted by Gasteiger charge is -2.35. The molecule has 1 fully saturated rings. The first kappa shape index (κ1) is 21.5. The van der Waals surface area contributed by atoms with Gasteiger partial charge in [-0.2, -0.15) is 0 Å². The fourth-order valence-electron chi connectivity index (χ4n) is 4.15. The molecular formula is C25H25FN4O2. The van der Waals surface area contributed by atoms with E-state index in [1.807, 2.05) is 42.8 Å². The summed E-state index contributed by atoms with van der Waals surface area (Å²) in [7, 11) is 1.61. The molecule has 0 spiro atoms. The zero-order valence-corrected chi connectivity index (χ0v) is 18.3. The molecule has 0 aliphatic carbocycles. The smallest absolute Gasteiger partial charge is 0.229 e. The van der Waals surface area contributed by atoms with Gasteiger partial charge >= 0.3 is 0 Å². The highest BCUT2D eigenvalue weighted by Gasteiger charge is 2.44. The van der Waals surface area contributed by atoms with Crippen molar-refractivity contribution in [3.63, 3.8) is 0 Å². The van der Waals surface area contributed by atoms with Crippen LogP contribution in [0.3, 0.4) is 0 Å². The predicted octanol–water partition coefficient (Wildman–Crippen LogP) is 4.86. The number of amidine groups is 1. The Kier molecular flexibility index (Phi) is 5.65. The Labute approximate surface area is 186 Å². The van der Waals surface area contributed by atoms with Gasteiger partial charge in [-0.25, -0.2) is 9.37 Å². The van der Waals surface area contributed by atoms with Crippen molar-refractivity contribution in [3.8, 4) is 11.4 Å². The Hall–Kier alpha value is -3.74. The number of methoxy groups -OCH3 is 1. The number of aromatic nitrogens is 2. The van der Waals surface area contributed by atoms with Gasteiger partial charge in [-0.3, -0.25) is 15.1 Å². The number of likely N-dealkylation sites (tertiary alicyclic amines) is 1. The molecule has 1 aromatic heterocycles. The molecule has 1 amide bonds. The van der Waals surface area contributed by atoms with E-state index in [0.717, 1.165) is 22.5 Å². The van der Waals surface area contributed by atoms with Gasteiger partial charge in [-0.1, -0.05) is 24.3 Å². The van der Waals surface area contributed by atoms with E-state index >= 15 is 0 Å². The second kappa shape index (κ2) is 8.42. The number of amides is 1. The van der Waals surface area contributed by atoms with E-state index < -0.39 is 5.54 Å². The van der Waals surface area contributed by atoms with Crippen LogP contribution in [-0.2, 0) is 10.3 Å². The van der Waals surface area contributed by atoms with Gasteiger partial charge in [0, 0.05) is 12.6 Å². The Morgan fingerprint density at radius 1 is 1.25 bits per heavy atom. The van der Waals surface area contributed by atoms with E-state index in [-0.39, 0.29) is 17.6 Å². The topological polar surface area (TPSA) is 71.2 Å². The summed E-state index contributed by atoms with van der Waals surface area (Å²) in [6, 6.07) is 11.8. The molecule has 1 saturated heterocycles. The molecule has 2 aromatic carbocycles. The molecule has 4 rings (SSSR count). The van der Waals surface area contributed by atoms with Gasteiger partial charge in [0.25, 0.3) is 0 Å². The van der Waals surface area contributed by atoms with Crippen molar-refractivity contribution in [1.82, 2.24) is 14.5 Å². The number of hydrogen-bond acceptors (Lipinski definition) is 4. The summed E-state index contributed by atoms with van der Waals surface area (Å²) >= 11 is 0. The number of nitrogens with zero attached hydrogens (tertiary/aromatic N) is 3. The Balaban J connectivity index is 1.59. The largest absolute Gasteiger partial charge is 0.495 e. The van der Waals surface area contributed by atoms with Crippen molar-refractivity contribution in [2.75, 3.05) is 7.11 Å². The van der Waals surface area contributed by atoms with Crippen LogP contribution in [0.4, 0.5) is 4.39 Å².